The Morgan fingerprint density at radius 3 is 2.76 bits per heavy atom. The molecule has 2 aromatic rings. The van der Waals surface area contributed by atoms with E-state index in [9.17, 15) is 9.18 Å². The van der Waals surface area contributed by atoms with Gasteiger partial charge in [-0.1, -0.05) is 24.3 Å². The van der Waals surface area contributed by atoms with Crippen LogP contribution < -0.4 is 10.2 Å². The van der Waals surface area contributed by atoms with Gasteiger partial charge in [0, 0.05) is 0 Å². The van der Waals surface area contributed by atoms with E-state index in [1.54, 1.807) is 18.2 Å². The van der Waals surface area contributed by atoms with Crippen molar-refractivity contribution in [3.8, 4) is 5.75 Å². The summed E-state index contributed by atoms with van der Waals surface area (Å²) in [6.45, 7) is 1.82. The lowest BCUT2D eigenvalue weighted by molar-refractivity contribution is -0.123. The molecule has 1 N–H and O–H groups in total. The smallest absolute Gasteiger partial charge is 0.277 e. The number of carbonyl (C=O) groups excluding carboxylic acids is 1. The molecule has 0 aliphatic carbocycles. The van der Waals surface area contributed by atoms with E-state index in [2.05, 4.69) is 10.5 Å². The van der Waals surface area contributed by atoms with E-state index in [0.717, 1.165) is 5.56 Å². The van der Waals surface area contributed by atoms with Crippen molar-refractivity contribution in [2.24, 2.45) is 5.10 Å². The zero-order valence-electron chi connectivity index (χ0n) is 11.5. The number of aryl methyl sites for hydroxylation is 1. The highest BCUT2D eigenvalue weighted by Crippen LogP contribution is 2.11. The molecule has 0 saturated heterocycles. The van der Waals surface area contributed by atoms with Crippen LogP contribution in [0.2, 0.25) is 0 Å². The Morgan fingerprint density at radius 1 is 1.29 bits per heavy atom. The lowest BCUT2D eigenvalue weighted by atomic mass is 10.2. The van der Waals surface area contributed by atoms with E-state index in [4.69, 9.17) is 4.74 Å². The average molecular weight is 286 g/mol. The molecule has 2 rings (SSSR count). The zero-order valence-corrected chi connectivity index (χ0v) is 11.5. The van der Waals surface area contributed by atoms with Crippen molar-refractivity contribution in [3.63, 3.8) is 0 Å². The van der Waals surface area contributed by atoms with Gasteiger partial charge in [0.1, 0.15) is 11.6 Å². The highest BCUT2D eigenvalue weighted by molar-refractivity contribution is 5.82. The van der Waals surface area contributed by atoms with Crippen molar-refractivity contribution in [2.75, 3.05) is 6.61 Å². The summed E-state index contributed by atoms with van der Waals surface area (Å²) in [7, 11) is 0. The third-order valence-electron chi connectivity index (χ3n) is 2.63. The molecular weight excluding hydrogens is 271 g/mol. The van der Waals surface area contributed by atoms with Crippen molar-refractivity contribution in [1.82, 2.24) is 5.43 Å². The summed E-state index contributed by atoms with van der Waals surface area (Å²) in [5.41, 5.74) is 4.09. The van der Waals surface area contributed by atoms with Gasteiger partial charge >= 0.3 is 0 Å². The van der Waals surface area contributed by atoms with Gasteiger partial charge in [0.15, 0.2) is 6.61 Å². The van der Waals surface area contributed by atoms with Gasteiger partial charge in [-0.25, -0.2) is 9.82 Å². The standard InChI is InChI=1S/C16H15FN2O2/c1-12-3-2-4-15(9-12)21-11-16(20)19-18-10-13-5-7-14(17)8-6-13/h2-10H,11H2,1H3,(H,19,20). The average Bonchev–Trinajstić information content (AvgIpc) is 2.47. The summed E-state index contributed by atoms with van der Waals surface area (Å²) in [6, 6.07) is 13.2. The largest absolute Gasteiger partial charge is 0.484 e. The lowest BCUT2D eigenvalue weighted by Crippen LogP contribution is -2.24. The van der Waals surface area contributed by atoms with Crippen LogP contribution in [0.4, 0.5) is 4.39 Å². The van der Waals surface area contributed by atoms with Crippen LogP contribution in [0, 0.1) is 12.7 Å². The summed E-state index contributed by atoms with van der Waals surface area (Å²) in [5, 5.41) is 3.77. The van der Waals surface area contributed by atoms with Crippen molar-refractivity contribution >= 4 is 12.1 Å². The number of amides is 1. The number of hydrogen-bond acceptors (Lipinski definition) is 3. The molecule has 0 fully saturated rings. The number of carbonyl (C=O) groups is 1. The van der Waals surface area contributed by atoms with Gasteiger partial charge in [0.2, 0.25) is 0 Å². The molecule has 0 unspecified atom stereocenters. The molecule has 2 aromatic carbocycles. The minimum atomic E-state index is -0.366. The second kappa shape index (κ2) is 7.19. The highest BCUT2D eigenvalue weighted by Gasteiger charge is 2.01. The Hall–Kier alpha value is -2.69. The summed E-state index contributed by atoms with van der Waals surface area (Å²) < 4.78 is 18.0. The fourth-order valence-electron chi connectivity index (χ4n) is 1.61. The van der Waals surface area contributed by atoms with Crippen molar-refractivity contribution in [2.45, 2.75) is 6.92 Å². The predicted octanol–water partition coefficient (Wildman–Crippen LogP) is 2.66. The van der Waals surface area contributed by atoms with E-state index in [0.29, 0.717) is 11.3 Å². The second-order valence-electron chi connectivity index (χ2n) is 4.45. The van der Waals surface area contributed by atoms with Crippen LogP contribution in [0.15, 0.2) is 53.6 Å². The molecule has 0 bridgehead atoms. The second-order valence-corrected chi connectivity index (χ2v) is 4.45. The number of nitrogens with zero attached hydrogens (tertiary/aromatic N) is 1. The molecule has 5 heteroatoms. The van der Waals surface area contributed by atoms with Crippen LogP contribution in [-0.4, -0.2) is 18.7 Å². The molecule has 0 saturated carbocycles. The van der Waals surface area contributed by atoms with E-state index in [-0.39, 0.29) is 18.3 Å². The number of rotatable bonds is 5. The monoisotopic (exact) mass is 286 g/mol. The fraction of sp³-hybridized carbons (Fsp3) is 0.125. The molecule has 0 spiro atoms. The zero-order chi connectivity index (χ0) is 15.1. The minimum Gasteiger partial charge on any atom is -0.484 e. The molecule has 0 aliphatic rings. The van der Waals surface area contributed by atoms with E-state index >= 15 is 0 Å². The Kier molecular flexibility index (Phi) is 5.04. The maximum Gasteiger partial charge on any atom is 0.277 e. The van der Waals surface area contributed by atoms with Crippen LogP contribution in [0.25, 0.3) is 0 Å². The number of hydrazone groups is 1. The number of nitrogens with one attached hydrogen (secondary N) is 1. The molecule has 0 radical (unpaired) electrons. The Labute approximate surface area is 122 Å². The molecule has 4 nitrogen and oxygen atoms in total. The first kappa shape index (κ1) is 14.7. The molecule has 0 heterocycles. The maximum absolute atomic E-state index is 12.7. The van der Waals surface area contributed by atoms with Crippen LogP contribution >= 0.6 is 0 Å². The number of halogens is 1. The van der Waals surface area contributed by atoms with Gasteiger partial charge in [-0.2, -0.15) is 5.10 Å². The van der Waals surface area contributed by atoms with Gasteiger partial charge in [-0.3, -0.25) is 4.79 Å². The first-order chi connectivity index (χ1) is 10.1. The van der Waals surface area contributed by atoms with Crippen LogP contribution in [0.3, 0.4) is 0 Å². The Balaban J connectivity index is 1.78. The van der Waals surface area contributed by atoms with E-state index in [1.165, 1.54) is 18.3 Å². The number of ether oxygens (including phenoxy) is 1. The summed E-state index contributed by atoms with van der Waals surface area (Å²) in [5.74, 6) is -0.0507. The van der Waals surface area contributed by atoms with E-state index in [1.807, 2.05) is 25.1 Å². The Morgan fingerprint density at radius 2 is 2.05 bits per heavy atom. The highest BCUT2D eigenvalue weighted by atomic mass is 19.1. The Bertz CT molecular complexity index is 639. The van der Waals surface area contributed by atoms with E-state index < -0.39 is 0 Å². The molecule has 108 valence electrons. The van der Waals surface area contributed by atoms with Crippen LogP contribution in [-0.2, 0) is 4.79 Å². The first-order valence-corrected chi connectivity index (χ1v) is 6.40. The summed E-state index contributed by atoms with van der Waals surface area (Å²) >= 11 is 0. The van der Waals surface area contributed by atoms with Crippen molar-refractivity contribution < 1.29 is 13.9 Å². The minimum absolute atomic E-state index is 0.121. The van der Waals surface area contributed by atoms with Crippen molar-refractivity contribution in [3.05, 3.63) is 65.5 Å². The number of hydrogen-bond donors (Lipinski definition) is 1. The van der Waals surface area contributed by atoms with Gasteiger partial charge in [-0.15, -0.1) is 0 Å². The third kappa shape index (κ3) is 5.06. The van der Waals surface area contributed by atoms with Crippen LogP contribution in [0.5, 0.6) is 5.75 Å². The number of benzene rings is 2. The van der Waals surface area contributed by atoms with Gasteiger partial charge < -0.3 is 4.74 Å². The van der Waals surface area contributed by atoms with Gasteiger partial charge in [-0.05, 0) is 42.3 Å². The fourth-order valence-corrected chi connectivity index (χ4v) is 1.61. The topological polar surface area (TPSA) is 50.7 Å². The lowest BCUT2D eigenvalue weighted by Gasteiger charge is -2.05. The first-order valence-electron chi connectivity index (χ1n) is 6.40. The molecule has 1 amide bonds. The molecule has 0 aromatic heterocycles. The summed E-state index contributed by atoms with van der Waals surface area (Å²) in [4.78, 5) is 11.5. The SMILES string of the molecule is Cc1cccc(OCC(=O)NN=Cc2ccc(F)cc2)c1. The maximum atomic E-state index is 12.7. The predicted molar refractivity (Wildman–Crippen MR) is 78.8 cm³/mol. The van der Waals surface area contributed by atoms with Gasteiger partial charge in [0.05, 0.1) is 6.21 Å². The molecule has 0 atom stereocenters. The van der Waals surface area contributed by atoms with Gasteiger partial charge in [0.25, 0.3) is 5.91 Å². The molecule has 21 heavy (non-hydrogen) atoms. The normalized spacial score (nSPS) is 10.6. The van der Waals surface area contributed by atoms with Crippen molar-refractivity contribution in [1.29, 1.82) is 0 Å². The quantitative estimate of drug-likeness (QED) is 0.678. The molecular formula is C16H15FN2O2. The van der Waals surface area contributed by atoms with Crippen LogP contribution in [0.1, 0.15) is 11.1 Å². The summed E-state index contributed by atoms with van der Waals surface area (Å²) in [6.07, 6.45) is 1.43. The third-order valence-corrected chi connectivity index (χ3v) is 2.63. The molecule has 0 aliphatic heterocycles.